The molecular weight excluding hydrogens is 368 g/mol. The molecule has 2 heterocycles. The first-order valence-electron chi connectivity index (χ1n) is 8.68. The van der Waals surface area contributed by atoms with E-state index in [1.165, 1.54) is 9.20 Å². The number of anilines is 1. The van der Waals surface area contributed by atoms with E-state index in [4.69, 9.17) is 0 Å². The largest absolute Gasteiger partial charge is 0.345 e. The summed E-state index contributed by atoms with van der Waals surface area (Å²) < 4.78 is 25.4. The van der Waals surface area contributed by atoms with Crippen LogP contribution in [0.4, 0.5) is 5.69 Å². The van der Waals surface area contributed by atoms with Gasteiger partial charge in [-0.25, -0.2) is 8.42 Å². The summed E-state index contributed by atoms with van der Waals surface area (Å²) in [5.41, 5.74) is 2.33. The molecule has 0 spiro atoms. The third-order valence-electron chi connectivity index (χ3n) is 4.78. The van der Waals surface area contributed by atoms with Crippen molar-refractivity contribution < 1.29 is 13.2 Å². The number of sulfonamides is 1. The molecule has 2 aromatic carbocycles. The fraction of sp³-hybridized carbons (Fsp3) is 0.316. The van der Waals surface area contributed by atoms with Crippen LogP contribution in [0.15, 0.2) is 53.4 Å². The smallest absolute Gasteiger partial charge is 0.251 e. The molecule has 2 aromatic rings. The Hall–Kier alpha value is -1.99. The van der Waals surface area contributed by atoms with Gasteiger partial charge in [0.2, 0.25) is 10.0 Å². The number of thioether (sulfide) groups is 1. The Morgan fingerprint density at radius 3 is 2.62 bits per heavy atom. The lowest BCUT2D eigenvalue weighted by Crippen LogP contribution is -2.30. The van der Waals surface area contributed by atoms with E-state index in [0.29, 0.717) is 24.2 Å². The molecule has 136 valence electrons. The standard InChI is InChI=1S/C19H20N2O3S2/c22-19(20-17-10-12-25-18-5-2-1-4-16(17)18)14-6-8-15(9-7-14)21-11-3-13-26(21,23)24/h1-2,4-9,17H,3,10-13H2,(H,20,22). The van der Waals surface area contributed by atoms with Gasteiger partial charge in [-0.15, -0.1) is 11.8 Å². The molecule has 0 aromatic heterocycles. The highest BCUT2D eigenvalue weighted by molar-refractivity contribution is 7.99. The third kappa shape index (κ3) is 3.33. The number of fused-ring (bicyclic) bond motifs is 1. The average Bonchev–Trinajstić information content (AvgIpc) is 3.01. The van der Waals surface area contributed by atoms with Crippen molar-refractivity contribution in [3.05, 3.63) is 59.7 Å². The van der Waals surface area contributed by atoms with Gasteiger partial charge < -0.3 is 5.32 Å². The van der Waals surface area contributed by atoms with Gasteiger partial charge in [-0.3, -0.25) is 9.10 Å². The Morgan fingerprint density at radius 1 is 1.12 bits per heavy atom. The lowest BCUT2D eigenvalue weighted by Gasteiger charge is -2.26. The van der Waals surface area contributed by atoms with Gasteiger partial charge in [0.15, 0.2) is 0 Å². The van der Waals surface area contributed by atoms with E-state index in [9.17, 15) is 13.2 Å². The van der Waals surface area contributed by atoms with Gasteiger partial charge in [0.1, 0.15) is 0 Å². The number of carbonyl (C=O) groups is 1. The van der Waals surface area contributed by atoms with Gasteiger partial charge in [-0.2, -0.15) is 0 Å². The Labute approximate surface area is 157 Å². The van der Waals surface area contributed by atoms with Crippen LogP contribution < -0.4 is 9.62 Å². The van der Waals surface area contributed by atoms with Crippen LogP contribution in [0.5, 0.6) is 0 Å². The highest BCUT2D eigenvalue weighted by Crippen LogP contribution is 2.36. The third-order valence-corrected chi connectivity index (χ3v) is 7.77. The fourth-order valence-corrected chi connectivity index (χ4v) is 6.13. The molecule has 0 saturated carbocycles. The van der Waals surface area contributed by atoms with E-state index in [1.54, 1.807) is 24.3 Å². The van der Waals surface area contributed by atoms with Crippen molar-refractivity contribution in [2.24, 2.45) is 0 Å². The molecule has 1 fully saturated rings. The lowest BCUT2D eigenvalue weighted by atomic mass is 10.0. The molecule has 0 bridgehead atoms. The van der Waals surface area contributed by atoms with E-state index in [0.717, 1.165) is 17.7 Å². The maximum absolute atomic E-state index is 12.6. The van der Waals surface area contributed by atoms with Crippen LogP contribution >= 0.6 is 11.8 Å². The predicted molar refractivity (Wildman–Crippen MR) is 104 cm³/mol. The molecule has 4 rings (SSSR count). The van der Waals surface area contributed by atoms with Crippen molar-refractivity contribution in [1.29, 1.82) is 0 Å². The summed E-state index contributed by atoms with van der Waals surface area (Å²) in [7, 11) is -3.20. The molecule has 0 radical (unpaired) electrons. The molecule has 1 amide bonds. The average molecular weight is 389 g/mol. The summed E-state index contributed by atoms with van der Waals surface area (Å²) in [5.74, 6) is 1.04. The number of nitrogens with zero attached hydrogens (tertiary/aromatic N) is 1. The summed E-state index contributed by atoms with van der Waals surface area (Å²) in [4.78, 5) is 13.9. The molecule has 26 heavy (non-hydrogen) atoms. The zero-order valence-electron chi connectivity index (χ0n) is 14.2. The molecule has 1 saturated heterocycles. The lowest BCUT2D eigenvalue weighted by molar-refractivity contribution is 0.0935. The van der Waals surface area contributed by atoms with Gasteiger partial charge in [0.05, 0.1) is 17.5 Å². The molecular formula is C19H20N2O3S2. The van der Waals surface area contributed by atoms with Crippen LogP contribution in [0.1, 0.15) is 34.8 Å². The maximum Gasteiger partial charge on any atom is 0.251 e. The number of hydrogen-bond donors (Lipinski definition) is 1. The van der Waals surface area contributed by atoms with E-state index in [-0.39, 0.29) is 17.7 Å². The summed E-state index contributed by atoms with van der Waals surface area (Å²) >= 11 is 1.82. The van der Waals surface area contributed by atoms with Crippen LogP contribution in [0.3, 0.4) is 0 Å². The molecule has 1 unspecified atom stereocenters. The topological polar surface area (TPSA) is 66.5 Å². The van der Waals surface area contributed by atoms with Crippen molar-refractivity contribution in [1.82, 2.24) is 5.32 Å². The summed E-state index contributed by atoms with van der Waals surface area (Å²) in [6.07, 6.45) is 1.54. The van der Waals surface area contributed by atoms with E-state index >= 15 is 0 Å². The minimum atomic E-state index is -3.20. The Kier molecular flexibility index (Phi) is 4.67. The van der Waals surface area contributed by atoms with Crippen LogP contribution in [0.25, 0.3) is 0 Å². The van der Waals surface area contributed by atoms with Crippen molar-refractivity contribution >= 4 is 33.4 Å². The van der Waals surface area contributed by atoms with E-state index in [2.05, 4.69) is 17.4 Å². The molecule has 0 aliphatic carbocycles. The van der Waals surface area contributed by atoms with Gasteiger partial charge in [0, 0.05) is 22.8 Å². The second-order valence-electron chi connectivity index (χ2n) is 6.49. The van der Waals surface area contributed by atoms with E-state index in [1.807, 2.05) is 23.9 Å². The predicted octanol–water partition coefficient (Wildman–Crippen LogP) is 3.19. The quantitative estimate of drug-likeness (QED) is 0.877. The normalized spacial score (nSPS) is 21.2. The minimum Gasteiger partial charge on any atom is -0.345 e. The second kappa shape index (κ2) is 6.96. The number of amides is 1. The SMILES string of the molecule is O=C(NC1CCSc2ccccc21)c1ccc(N2CCCS2(=O)=O)cc1. The molecule has 7 heteroatoms. The second-order valence-corrected chi connectivity index (χ2v) is 9.64. The summed E-state index contributed by atoms with van der Waals surface area (Å²) in [6, 6.07) is 15.0. The molecule has 2 aliphatic rings. The van der Waals surface area contributed by atoms with E-state index < -0.39 is 10.0 Å². The van der Waals surface area contributed by atoms with Crippen LogP contribution in [-0.4, -0.2) is 32.4 Å². The fourth-order valence-electron chi connectivity index (χ4n) is 3.44. The maximum atomic E-state index is 12.6. The molecule has 2 aliphatic heterocycles. The Bertz CT molecular complexity index is 926. The zero-order chi connectivity index (χ0) is 18.1. The number of hydrogen-bond acceptors (Lipinski definition) is 4. The monoisotopic (exact) mass is 388 g/mol. The Balaban J connectivity index is 1.50. The number of carbonyl (C=O) groups excluding carboxylic acids is 1. The first-order chi connectivity index (χ1) is 12.5. The van der Waals surface area contributed by atoms with Crippen molar-refractivity contribution in [3.63, 3.8) is 0 Å². The zero-order valence-corrected chi connectivity index (χ0v) is 15.9. The van der Waals surface area contributed by atoms with Crippen molar-refractivity contribution in [3.8, 4) is 0 Å². The van der Waals surface area contributed by atoms with Crippen LogP contribution in [0, 0.1) is 0 Å². The highest BCUT2D eigenvalue weighted by Gasteiger charge is 2.28. The van der Waals surface area contributed by atoms with Gasteiger partial charge in [-0.1, -0.05) is 18.2 Å². The van der Waals surface area contributed by atoms with Gasteiger partial charge >= 0.3 is 0 Å². The van der Waals surface area contributed by atoms with Crippen molar-refractivity contribution in [2.75, 3.05) is 22.4 Å². The number of rotatable bonds is 3. The summed E-state index contributed by atoms with van der Waals surface area (Å²) in [5, 5.41) is 3.11. The first-order valence-corrected chi connectivity index (χ1v) is 11.3. The molecule has 1 N–H and O–H groups in total. The van der Waals surface area contributed by atoms with Crippen molar-refractivity contribution in [2.45, 2.75) is 23.8 Å². The summed E-state index contributed by atoms with van der Waals surface area (Å²) in [6.45, 7) is 0.504. The minimum absolute atomic E-state index is 0.0126. The highest BCUT2D eigenvalue weighted by atomic mass is 32.2. The first kappa shape index (κ1) is 17.4. The van der Waals surface area contributed by atoms with Gasteiger partial charge in [-0.05, 0) is 48.7 Å². The van der Waals surface area contributed by atoms with Gasteiger partial charge in [0.25, 0.3) is 5.91 Å². The number of benzene rings is 2. The Morgan fingerprint density at radius 2 is 1.88 bits per heavy atom. The molecule has 1 atom stereocenters. The molecule has 5 nitrogen and oxygen atoms in total. The number of nitrogens with one attached hydrogen (secondary N) is 1. The van der Waals surface area contributed by atoms with Crippen LogP contribution in [-0.2, 0) is 10.0 Å². The van der Waals surface area contributed by atoms with Crippen LogP contribution in [0.2, 0.25) is 0 Å².